The Morgan fingerprint density at radius 2 is 2.33 bits per heavy atom. The van der Waals surface area contributed by atoms with Crippen molar-refractivity contribution in [1.82, 2.24) is 4.57 Å². The number of nitro groups is 1. The summed E-state index contributed by atoms with van der Waals surface area (Å²) >= 11 is 3.08. The quantitative estimate of drug-likeness (QED) is 0.493. The summed E-state index contributed by atoms with van der Waals surface area (Å²) in [5, 5.41) is 20.1. The Kier molecular flexibility index (Phi) is 3.98. The average Bonchev–Trinajstić information content (AvgIpc) is 2.20. The van der Waals surface area contributed by atoms with E-state index in [-0.39, 0.29) is 6.54 Å². The number of rotatable bonds is 4. The monoisotopic (exact) mass is 276 g/mol. The Labute approximate surface area is 93.4 Å². The molecule has 1 unspecified atom stereocenters. The van der Waals surface area contributed by atoms with Gasteiger partial charge in [-0.15, -0.1) is 0 Å². The van der Waals surface area contributed by atoms with Gasteiger partial charge in [-0.05, 0) is 0 Å². The van der Waals surface area contributed by atoms with E-state index < -0.39 is 22.1 Å². The van der Waals surface area contributed by atoms with Crippen molar-refractivity contribution >= 4 is 21.6 Å². The van der Waals surface area contributed by atoms with Crippen molar-refractivity contribution < 1.29 is 10.0 Å². The van der Waals surface area contributed by atoms with Crippen molar-refractivity contribution in [3.05, 3.63) is 38.8 Å². The van der Waals surface area contributed by atoms with Crippen LogP contribution in [0, 0.1) is 10.1 Å². The molecule has 0 saturated heterocycles. The fourth-order valence-electron chi connectivity index (χ4n) is 1.06. The Hall–Kier alpha value is -1.21. The summed E-state index contributed by atoms with van der Waals surface area (Å²) in [6.45, 7) is 0.201. The zero-order valence-electron chi connectivity index (χ0n) is 7.67. The molecule has 0 aromatic carbocycles. The van der Waals surface area contributed by atoms with E-state index in [1.165, 1.54) is 10.8 Å². The highest BCUT2D eigenvalue weighted by Crippen LogP contribution is 2.04. The number of aliphatic hydroxyl groups excluding tert-OH is 1. The molecule has 0 aliphatic rings. The van der Waals surface area contributed by atoms with Crippen LogP contribution in [0.1, 0.15) is 0 Å². The molecule has 1 aromatic rings. The Morgan fingerprint density at radius 1 is 1.67 bits per heavy atom. The minimum absolute atomic E-state index is 0.201. The first-order valence-corrected chi connectivity index (χ1v) is 5.25. The number of pyridine rings is 1. The van der Waals surface area contributed by atoms with Gasteiger partial charge in [-0.3, -0.25) is 14.9 Å². The SMILES string of the molecule is O=c1ccn(CC(O)CBr)cc1[N+](=O)[O-]. The molecule has 6 nitrogen and oxygen atoms in total. The van der Waals surface area contributed by atoms with E-state index >= 15 is 0 Å². The van der Waals surface area contributed by atoms with Gasteiger partial charge in [-0.25, -0.2) is 0 Å². The molecule has 0 bridgehead atoms. The maximum absolute atomic E-state index is 11.0. The topological polar surface area (TPSA) is 85.4 Å². The minimum Gasteiger partial charge on any atom is -0.390 e. The normalized spacial score (nSPS) is 12.4. The van der Waals surface area contributed by atoms with Gasteiger partial charge >= 0.3 is 5.69 Å². The third-order valence-corrected chi connectivity index (χ3v) is 2.50. The summed E-state index contributed by atoms with van der Waals surface area (Å²) < 4.78 is 1.41. The van der Waals surface area contributed by atoms with Crippen molar-refractivity contribution in [2.75, 3.05) is 5.33 Å². The van der Waals surface area contributed by atoms with Crippen molar-refractivity contribution in [2.24, 2.45) is 0 Å². The number of nitrogens with zero attached hydrogens (tertiary/aromatic N) is 2. The molecular formula is C8H9BrN2O4. The minimum atomic E-state index is -0.737. The highest BCUT2D eigenvalue weighted by Gasteiger charge is 2.12. The van der Waals surface area contributed by atoms with Crippen LogP contribution in [-0.2, 0) is 6.54 Å². The number of hydrogen-bond donors (Lipinski definition) is 1. The number of hydrogen-bond acceptors (Lipinski definition) is 4. The highest BCUT2D eigenvalue weighted by atomic mass is 79.9. The van der Waals surface area contributed by atoms with Crippen LogP contribution in [0.15, 0.2) is 23.3 Å². The van der Waals surface area contributed by atoms with E-state index in [9.17, 15) is 20.0 Å². The van der Waals surface area contributed by atoms with E-state index in [0.29, 0.717) is 5.33 Å². The fourth-order valence-corrected chi connectivity index (χ4v) is 1.26. The molecule has 0 amide bonds. The van der Waals surface area contributed by atoms with Gasteiger partial charge in [0.25, 0.3) is 5.43 Å². The van der Waals surface area contributed by atoms with E-state index in [2.05, 4.69) is 15.9 Å². The van der Waals surface area contributed by atoms with Crippen LogP contribution in [0.2, 0.25) is 0 Å². The molecule has 82 valence electrons. The lowest BCUT2D eigenvalue weighted by Gasteiger charge is -2.09. The smallest absolute Gasteiger partial charge is 0.332 e. The molecular weight excluding hydrogens is 268 g/mol. The number of alkyl halides is 1. The first kappa shape index (κ1) is 11.9. The lowest BCUT2D eigenvalue weighted by atomic mass is 10.3. The van der Waals surface area contributed by atoms with Crippen molar-refractivity contribution in [1.29, 1.82) is 0 Å². The van der Waals surface area contributed by atoms with Crippen LogP contribution >= 0.6 is 15.9 Å². The molecule has 7 heteroatoms. The maximum Gasteiger partial charge on any atom is 0.332 e. The third-order valence-electron chi connectivity index (χ3n) is 1.75. The number of aliphatic hydroxyl groups is 1. The van der Waals surface area contributed by atoms with Crippen LogP contribution in [0.3, 0.4) is 0 Å². The largest absolute Gasteiger partial charge is 0.390 e. The number of aromatic nitrogens is 1. The van der Waals surface area contributed by atoms with Crippen molar-refractivity contribution in [2.45, 2.75) is 12.6 Å². The summed E-state index contributed by atoms with van der Waals surface area (Å²) in [6, 6.07) is 1.11. The zero-order chi connectivity index (χ0) is 11.4. The molecule has 0 spiro atoms. The molecule has 15 heavy (non-hydrogen) atoms. The first-order chi connectivity index (χ1) is 7.04. The number of halogens is 1. The Balaban J connectivity index is 2.98. The summed E-state index contributed by atoms with van der Waals surface area (Å²) in [7, 11) is 0. The van der Waals surface area contributed by atoms with Crippen LogP contribution < -0.4 is 5.43 Å². The van der Waals surface area contributed by atoms with Gasteiger partial charge in [-0.1, -0.05) is 15.9 Å². The molecule has 0 aliphatic carbocycles. The second kappa shape index (κ2) is 5.04. The predicted molar refractivity (Wildman–Crippen MR) is 57.2 cm³/mol. The molecule has 1 atom stereocenters. The first-order valence-electron chi connectivity index (χ1n) is 4.13. The molecule has 1 heterocycles. The van der Waals surface area contributed by atoms with E-state index in [4.69, 9.17) is 0 Å². The second-order valence-corrected chi connectivity index (χ2v) is 3.60. The Morgan fingerprint density at radius 3 is 2.87 bits per heavy atom. The van der Waals surface area contributed by atoms with Crippen molar-refractivity contribution in [3.8, 4) is 0 Å². The summed E-state index contributed by atoms with van der Waals surface area (Å²) in [4.78, 5) is 20.8. The van der Waals surface area contributed by atoms with Crippen molar-refractivity contribution in [3.63, 3.8) is 0 Å². The van der Waals surface area contributed by atoms with E-state index in [1.807, 2.05) is 0 Å². The van der Waals surface area contributed by atoms with Gasteiger partial charge < -0.3 is 9.67 Å². The van der Waals surface area contributed by atoms with Crippen LogP contribution in [-0.4, -0.2) is 26.0 Å². The molecule has 1 aromatic heterocycles. The molecule has 0 aliphatic heterocycles. The second-order valence-electron chi connectivity index (χ2n) is 2.96. The van der Waals surface area contributed by atoms with Gasteiger partial charge in [-0.2, -0.15) is 0 Å². The lowest BCUT2D eigenvalue weighted by Crippen LogP contribution is -2.19. The van der Waals surface area contributed by atoms with E-state index in [0.717, 1.165) is 12.3 Å². The van der Waals surface area contributed by atoms with Gasteiger partial charge in [0.1, 0.15) is 0 Å². The van der Waals surface area contributed by atoms with Crippen LogP contribution in [0.25, 0.3) is 0 Å². The van der Waals surface area contributed by atoms with Crippen LogP contribution in [0.5, 0.6) is 0 Å². The zero-order valence-corrected chi connectivity index (χ0v) is 9.25. The maximum atomic E-state index is 11.0. The molecule has 0 saturated carbocycles. The fraction of sp³-hybridized carbons (Fsp3) is 0.375. The Bertz CT molecular complexity index is 417. The molecule has 1 rings (SSSR count). The van der Waals surface area contributed by atoms with Crippen LogP contribution in [0.4, 0.5) is 5.69 Å². The van der Waals surface area contributed by atoms with E-state index in [1.54, 1.807) is 0 Å². The summed E-state index contributed by atoms with van der Waals surface area (Å²) in [6.07, 6.45) is 1.88. The molecule has 0 fully saturated rings. The summed E-state index contributed by atoms with van der Waals surface area (Å²) in [5.74, 6) is 0. The highest BCUT2D eigenvalue weighted by molar-refractivity contribution is 9.09. The van der Waals surface area contributed by atoms with Gasteiger partial charge in [0.2, 0.25) is 0 Å². The molecule has 0 radical (unpaired) electrons. The van der Waals surface area contributed by atoms with Gasteiger partial charge in [0.15, 0.2) is 0 Å². The van der Waals surface area contributed by atoms with Gasteiger partial charge in [0.05, 0.1) is 17.2 Å². The standard InChI is InChI=1S/C8H9BrN2O4/c9-3-6(12)4-10-2-1-8(13)7(5-10)11(14)15/h1-2,5-6,12H,3-4H2. The average molecular weight is 277 g/mol. The van der Waals surface area contributed by atoms with Gasteiger partial charge in [0, 0.05) is 24.1 Å². The third kappa shape index (κ3) is 3.14. The lowest BCUT2D eigenvalue weighted by molar-refractivity contribution is -0.386. The summed E-state index contributed by atoms with van der Waals surface area (Å²) in [5.41, 5.74) is -1.12. The molecule has 1 N–H and O–H groups in total. The predicted octanol–water partition coefficient (Wildman–Crippen LogP) is 0.512.